The molecule has 0 spiro atoms. The molecule has 6 nitrogen and oxygen atoms in total. The van der Waals surface area contributed by atoms with E-state index in [0.29, 0.717) is 5.92 Å². The van der Waals surface area contributed by atoms with Gasteiger partial charge in [-0.3, -0.25) is 14.5 Å². The van der Waals surface area contributed by atoms with E-state index in [1.165, 1.54) is 19.1 Å². The first-order chi connectivity index (χ1) is 13.5. The Morgan fingerprint density at radius 2 is 1.97 bits per heavy atom. The van der Waals surface area contributed by atoms with E-state index in [2.05, 4.69) is 10.6 Å². The van der Waals surface area contributed by atoms with Crippen LogP contribution in [0.5, 0.6) is 0 Å². The van der Waals surface area contributed by atoms with Crippen LogP contribution in [0.15, 0.2) is 24.3 Å². The molecule has 0 bridgehead atoms. The lowest BCUT2D eigenvalue weighted by Gasteiger charge is -2.30. The van der Waals surface area contributed by atoms with Crippen LogP contribution in [0.1, 0.15) is 50.7 Å². The second kappa shape index (κ2) is 7.68. The number of amides is 4. The van der Waals surface area contributed by atoms with Crippen molar-refractivity contribution in [3.05, 3.63) is 35.4 Å². The Hall–Kier alpha value is -2.58. The lowest BCUT2D eigenvalue weighted by molar-refractivity contribution is -0.138. The van der Waals surface area contributed by atoms with Crippen molar-refractivity contribution in [1.29, 1.82) is 0 Å². The molecule has 1 heterocycles. The first-order valence-corrected chi connectivity index (χ1v) is 9.63. The van der Waals surface area contributed by atoms with Gasteiger partial charge in [-0.2, -0.15) is 13.2 Å². The highest BCUT2D eigenvalue weighted by Gasteiger charge is 2.50. The maximum Gasteiger partial charge on any atom is 0.416 e. The molecule has 9 heteroatoms. The zero-order chi connectivity index (χ0) is 21.4. The molecule has 2 aliphatic rings. The first-order valence-electron chi connectivity index (χ1n) is 9.63. The van der Waals surface area contributed by atoms with Crippen molar-refractivity contribution in [2.24, 2.45) is 5.92 Å². The van der Waals surface area contributed by atoms with Crippen molar-refractivity contribution in [3.63, 3.8) is 0 Å². The second-order valence-electron chi connectivity index (χ2n) is 7.96. The third-order valence-electron chi connectivity index (χ3n) is 5.80. The van der Waals surface area contributed by atoms with Gasteiger partial charge in [0.25, 0.3) is 5.91 Å². The van der Waals surface area contributed by atoms with Crippen molar-refractivity contribution < 1.29 is 27.6 Å². The van der Waals surface area contributed by atoms with Crippen LogP contribution in [0, 0.1) is 5.92 Å². The summed E-state index contributed by atoms with van der Waals surface area (Å²) in [4.78, 5) is 38.4. The summed E-state index contributed by atoms with van der Waals surface area (Å²) < 4.78 is 39.1. The molecule has 1 aromatic rings. The molecule has 1 aromatic carbocycles. The van der Waals surface area contributed by atoms with Crippen LogP contribution in [0.25, 0.3) is 0 Å². The Morgan fingerprint density at radius 3 is 2.62 bits per heavy atom. The van der Waals surface area contributed by atoms with Gasteiger partial charge in [0.2, 0.25) is 5.91 Å². The summed E-state index contributed by atoms with van der Waals surface area (Å²) in [6, 6.07) is 3.45. The van der Waals surface area contributed by atoms with Gasteiger partial charge in [0.15, 0.2) is 0 Å². The number of carbonyl (C=O) groups is 3. The fourth-order valence-electron chi connectivity index (χ4n) is 3.97. The number of halogens is 3. The van der Waals surface area contributed by atoms with Crippen molar-refractivity contribution in [2.45, 2.75) is 57.3 Å². The fraction of sp³-hybridized carbons (Fsp3) is 0.550. The smallest absolute Gasteiger partial charge is 0.352 e. The van der Waals surface area contributed by atoms with Crippen molar-refractivity contribution in [2.75, 3.05) is 6.54 Å². The van der Waals surface area contributed by atoms with Crippen LogP contribution in [0.4, 0.5) is 18.0 Å². The molecule has 1 saturated heterocycles. The third-order valence-corrected chi connectivity index (χ3v) is 5.80. The molecule has 1 aliphatic carbocycles. The number of imide groups is 1. The lowest BCUT2D eigenvalue weighted by Crippen LogP contribution is -2.47. The molecule has 3 atom stereocenters. The van der Waals surface area contributed by atoms with Gasteiger partial charge in [-0.15, -0.1) is 0 Å². The highest BCUT2D eigenvalue weighted by atomic mass is 19.4. The number of alkyl halides is 3. The number of hydrogen-bond acceptors (Lipinski definition) is 3. The molecule has 1 aliphatic heterocycles. The lowest BCUT2D eigenvalue weighted by atomic mass is 9.86. The van der Waals surface area contributed by atoms with Crippen LogP contribution < -0.4 is 10.6 Å². The van der Waals surface area contributed by atoms with Gasteiger partial charge in [-0.05, 0) is 43.4 Å². The van der Waals surface area contributed by atoms with E-state index >= 15 is 0 Å². The molecule has 29 heavy (non-hydrogen) atoms. The second-order valence-corrected chi connectivity index (χ2v) is 7.96. The molecule has 158 valence electrons. The molecule has 3 rings (SSSR count). The Morgan fingerprint density at radius 1 is 1.28 bits per heavy atom. The molecule has 0 aromatic heterocycles. The number of rotatable bonds is 4. The van der Waals surface area contributed by atoms with Gasteiger partial charge in [0, 0.05) is 6.04 Å². The zero-order valence-electron chi connectivity index (χ0n) is 16.3. The predicted molar refractivity (Wildman–Crippen MR) is 98.6 cm³/mol. The minimum Gasteiger partial charge on any atom is -0.352 e. The van der Waals surface area contributed by atoms with Crippen molar-refractivity contribution in [3.8, 4) is 0 Å². The molecule has 2 N–H and O–H groups in total. The summed E-state index contributed by atoms with van der Waals surface area (Å²) in [5.74, 6) is -0.902. The van der Waals surface area contributed by atoms with Crippen LogP contribution in [0.2, 0.25) is 0 Å². The van der Waals surface area contributed by atoms with E-state index in [9.17, 15) is 27.6 Å². The van der Waals surface area contributed by atoms with Crippen LogP contribution in [-0.2, 0) is 21.3 Å². The Labute approximate surface area is 166 Å². The van der Waals surface area contributed by atoms with E-state index in [1.807, 2.05) is 6.92 Å². The number of nitrogens with one attached hydrogen (secondary N) is 2. The molecule has 0 radical (unpaired) electrons. The zero-order valence-corrected chi connectivity index (χ0v) is 16.3. The highest BCUT2D eigenvalue weighted by molar-refractivity contribution is 6.09. The molecule has 3 unspecified atom stereocenters. The Kier molecular flexibility index (Phi) is 5.60. The topological polar surface area (TPSA) is 78.5 Å². The molecule has 1 saturated carbocycles. The monoisotopic (exact) mass is 411 g/mol. The quantitative estimate of drug-likeness (QED) is 0.747. The summed E-state index contributed by atoms with van der Waals surface area (Å²) >= 11 is 0. The SMILES string of the molecule is CC1CCCCC1NC(=O)CN1C(=O)NC(C)(c2cccc(C(F)(F)F)c2)C1=O. The summed E-state index contributed by atoms with van der Waals surface area (Å²) in [5.41, 5.74) is -2.58. The van der Waals surface area contributed by atoms with Crippen LogP contribution in [0.3, 0.4) is 0 Å². The third kappa shape index (κ3) is 4.23. The van der Waals surface area contributed by atoms with E-state index in [0.717, 1.165) is 42.7 Å². The number of hydrogen-bond donors (Lipinski definition) is 2. The number of urea groups is 1. The molecular weight excluding hydrogens is 387 g/mol. The summed E-state index contributed by atoms with van der Waals surface area (Å²) in [6.07, 6.45) is -0.618. The molecule has 2 fully saturated rings. The van der Waals surface area contributed by atoms with Gasteiger partial charge in [-0.1, -0.05) is 31.9 Å². The van der Waals surface area contributed by atoms with Crippen LogP contribution in [-0.4, -0.2) is 35.3 Å². The maximum atomic E-state index is 13.0. The standard InChI is InChI=1S/C20H24F3N3O3/c1-12-6-3-4-9-15(12)24-16(27)11-26-17(28)19(2,25-18(26)29)13-7-5-8-14(10-13)20(21,22)23/h5,7-8,10,12,15H,3-4,6,9,11H2,1-2H3,(H,24,27)(H,25,29). The number of nitrogens with zero attached hydrogens (tertiary/aromatic N) is 1. The van der Waals surface area contributed by atoms with E-state index in [-0.39, 0.29) is 11.6 Å². The average molecular weight is 411 g/mol. The minimum atomic E-state index is -4.58. The van der Waals surface area contributed by atoms with E-state index in [4.69, 9.17) is 0 Å². The largest absolute Gasteiger partial charge is 0.416 e. The van der Waals surface area contributed by atoms with Gasteiger partial charge >= 0.3 is 12.2 Å². The first kappa shape index (κ1) is 21.1. The van der Waals surface area contributed by atoms with Gasteiger partial charge in [-0.25, -0.2) is 4.79 Å². The summed E-state index contributed by atoms with van der Waals surface area (Å²) in [6.45, 7) is 2.91. The van der Waals surface area contributed by atoms with Crippen LogP contribution >= 0.6 is 0 Å². The normalized spacial score (nSPS) is 27.7. The predicted octanol–water partition coefficient (Wildman–Crippen LogP) is 3.17. The maximum absolute atomic E-state index is 13.0. The molecular formula is C20H24F3N3O3. The van der Waals surface area contributed by atoms with E-state index in [1.54, 1.807) is 0 Å². The fourth-order valence-corrected chi connectivity index (χ4v) is 3.97. The summed E-state index contributed by atoms with van der Waals surface area (Å²) in [5, 5.41) is 5.30. The minimum absolute atomic E-state index is 0.00753. The Bertz CT molecular complexity index is 827. The van der Waals surface area contributed by atoms with Crippen molar-refractivity contribution >= 4 is 17.8 Å². The number of benzene rings is 1. The Balaban J connectivity index is 1.74. The number of carbonyl (C=O) groups excluding carboxylic acids is 3. The summed E-state index contributed by atoms with van der Waals surface area (Å²) in [7, 11) is 0. The highest BCUT2D eigenvalue weighted by Crippen LogP contribution is 2.34. The van der Waals surface area contributed by atoms with Gasteiger partial charge in [0.05, 0.1) is 5.56 Å². The van der Waals surface area contributed by atoms with Gasteiger partial charge < -0.3 is 10.6 Å². The van der Waals surface area contributed by atoms with Crippen molar-refractivity contribution in [1.82, 2.24) is 15.5 Å². The molecule has 4 amide bonds. The van der Waals surface area contributed by atoms with E-state index < -0.39 is 41.7 Å². The van der Waals surface area contributed by atoms with Gasteiger partial charge in [0.1, 0.15) is 12.1 Å². The average Bonchev–Trinajstić information content (AvgIpc) is 2.87.